The van der Waals surface area contributed by atoms with E-state index in [1.54, 1.807) is 0 Å². The molecule has 0 radical (unpaired) electrons. The second-order valence-electron chi connectivity index (χ2n) is 8.68. The second-order valence-corrected chi connectivity index (χ2v) is 8.68. The molecule has 0 aromatic carbocycles. The molecule has 1 unspecified atom stereocenters. The lowest BCUT2D eigenvalue weighted by atomic mass is 9.92. The molecule has 2 rings (SSSR count). The van der Waals surface area contributed by atoms with Crippen molar-refractivity contribution >= 4 is 17.9 Å². The number of nitrogens with one attached hydrogen (secondary N) is 1. The molecule has 27 heavy (non-hydrogen) atoms. The van der Waals surface area contributed by atoms with Crippen molar-refractivity contribution in [1.29, 1.82) is 0 Å². The molecule has 1 N–H and O–H groups in total. The molecule has 2 fully saturated rings. The largest absolute Gasteiger partial charge is 0.444 e. The highest BCUT2D eigenvalue weighted by atomic mass is 16.6. The van der Waals surface area contributed by atoms with Crippen LogP contribution in [0.4, 0.5) is 4.79 Å². The first-order valence-electron chi connectivity index (χ1n) is 10.2. The van der Waals surface area contributed by atoms with Crippen molar-refractivity contribution in [3.63, 3.8) is 0 Å². The van der Waals surface area contributed by atoms with Crippen LogP contribution < -0.4 is 5.32 Å². The highest BCUT2D eigenvalue weighted by Crippen LogP contribution is 2.23. The number of hydrogen-bond donors (Lipinski definition) is 1. The van der Waals surface area contributed by atoms with E-state index in [1.165, 1.54) is 0 Å². The summed E-state index contributed by atoms with van der Waals surface area (Å²) in [4.78, 5) is 40.3. The summed E-state index contributed by atoms with van der Waals surface area (Å²) in [6.07, 6.45) is 3.64. The highest BCUT2D eigenvalue weighted by Gasteiger charge is 2.32. The Bertz CT molecular complexity index is 536. The Kier molecular flexibility index (Phi) is 7.50. The van der Waals surface area contributed by atoms with Crippen LogP contribution in [-0.4, -0.2) is 66.0 Å². The SMILES string of the molecule is CCC(=O)N1CCCC(C(=O)N2CCC(CNC(=O)OC(C)(C)C)CC2)C1. The van der Waals surface area contributed by atoms with Crippen LogP contribution in [0.25, 0.3) is 0 Å². The van der Waals surface area contributed by atoms with E-state index in [2.05, 4.69) is 5.32 Å². The maximum absolute atomic E-state index is 12.8. The molecule has 2 aliphatic heterocycles. The van der Waals surface area contributed by atoms with Crippen molar-refractivity contribution in [2.45, 2.75) is 65.4 Å². The summed E-state index contributed by atoms with van der Waals surface area (Å²) in [6, 6.07) is 0. The monoisotopic (exact) mass is 381 g/mol. The lowest BCUT2D eigenvalue weighted by Crippen LogP contribution is -2.49. The van der Waals surface area contributed by atoms with Gasteiger partial charge in [-0.2, -0.15) is 0 Å². The Labute approximate surface area is 162 Å². The number of carbonyl (C=O) groups is 3. The molecule has 0 bridgehead atoms. The van der Waals surface area contributed by atoms with Crippen molar-refractivity contribution in [2.24, 2.45) is 11.8 Å². The third kappa shape index (κ3) is 6.70. The number of alkyl carbamates (subject to hydrolysis) is 1. The number of amides is 3. The quantitative estimate of drug-likeness (QED) is 0.811. The van der Waals surface area contributed by atoms with Crippen LogP contribution >= 0.6 is 0 Å². The Morgan fingerprint density at radius 2 is 1.70 bits per heavy atom. The first-order chi connectivity index (χ1) is 12.7. The molecule has 154 valence electrons. The van der Waals surface area contributed by atoms with Crippen LogP contribution in [-0.2, 0) is 14.3 Å². The standard InChI is InChI=1S/C20H35N3O4/c1-5-17(24)23-10-6-7-16(14-23)18(25)22-11-8-15(9-12-22)13-21-19(26)27-20(2,3)4/h15-16H,5-14H2,1-4H3,(H,21,26). The average molecular weight is 382 g/mol. The Morgan fingerprint density at radius 3 is 2.30 bits per heavy atom. The summed E-state index contributed by atoms with van der Waals surface area (Å²) in [6.45, 7) is 10.8. The van der Waals surface area contributed by atoms with Gasteiger partial charge in [0.1, 0.15) is 5.60 Å². The molecule has 3 amide bonds. The van der Waals surface area contributed by atoms with Gasteiger partial charge in [-0.15, -0.1) is 0 Å². The zero-order valence-corrected chi connectivity index (χ0v) is 17.3. The minimum Gasteiger partial charge on any atom is -0.444 e. The Morgan fingerprint density at radius 1 is 1.04 bits per heavy atom. The fraction of sp³-hybridized carbons (Fsp3) is 0.850. The summed E-state index contributed by atoms with van der Waals surface area (Å²) < 4.78 is 5.26. The van der Waals surface area contributed by atoms with E-state index in [4.69, 9.17) is 4.74 Å². The summed E-state index contributed by atoms with van der Waals surface area (Å²) in [5.74, 6) is 0.623. The zero-order valence-electron chi connectivity index (χ0n) is 17.3. The van der Waals surface area contributed by atoms with Crippen molar-refractivity contribution in [1.82, 2.24) is 15.1 Å². The van der Waals surface area contributed by atoms with E-state index in [0.29, 0.717) is 25.4 Å². The first kappa shape index (κ1) is 21.5. The maximum atomic E-state index is 12.8. The number of rotatable bonds is 4. The number of likely N-dealkylation sites (tertiary alicyclic amines) is 2. The molecule has 7 heteroatoms. The lowest BCUT2D eigenvalue weighted by Gasteiger charge is -2.38. The van der Waals surface area contributed by atoms with Gasteiger partial charge in [0, 0.05) is 39.1 Å². The van der Waals surface area contributed by atoms with Gasteiger partial charge in [-0.25, -0.2) is 4.79 Å². The predicted molar refractivity (Wildman–Crippen MR) is 103 cm³/mol. The van der Waals surface area contributed by atoms with E-state index in [9.17, 15) is 14.4 Å². The van der Waals surface area contributed by atoms with Gasteiger partial charge in [0.25, 0.3) is 0 Å². The van der Waals surface area contributed by atoms with Gasteiger partial charge >= 0.3 is 6.09 Å². The predicted octanol–water partition coefficient (Wildman–Crippen LogP) is 2.40. The summed E-state index contributed by atoms with van der Waals surface area (Å²) >= 11 is 0. The third-order valence-corrected chi connectivity index (χ3v) is 5.29. The molecular formula is C20H35N3O4. The Balaban J connectivity index is 1.74. The van der Waals surface area contributed by atoms with Crippen LogP contribution in [0.3, 0.4) is 0 Å². The topological polar surface area (TPSA) is 79.0 Å². The minimum atomic E-state index is -0.493. The van der Waals surface area contributed by atoms with Crippen LogP contribution in [0, 0.1) is 11.8 Å². The van der Waals surface area contributed by atoms with Gasteiger partial charge in [-0.3, -0.25) is 9.59 Å². The maximum Gasteiger partial charge on any atom is 0.407 e. The van der Waals surface area contributed by atoms with Crippen LogP contribution in [0.2, 0.25) is 0 Å². The van der Waals surface area contributed by atoms with Gasteiger partial charge in [0.05, 0.1) is 5.92 Å². The van der Waals surface area contributed by atoms with Crippen LogP contribution in [0.5, 0.6) is 0 Å². The number of piperidine rings is 2. The van der Waals surface area contributed by atoms with Gasteiger partial charge in [0.2, 0.25) is 11.8 Å². The molecule has 2 heterocycles. The van der Waals surface area contributed by atoms with Crippen LogP contribution in [0.1, 0.15) is 59.8 Å². The fourth-order valence-electron chi connectivity index (χ4n) is 3.79. The zero-order chi connectivity index (χ0) is 20.0. The molecule has 2 aliphatic rings. The normalized spacial score (nSPS) is 21.7. The summed E-state index contributed by atoms with van der Waals surface area (Å²) in [5.41, 5.74) is -0.493. The number of ether oxygens (including phenoxy) is 1. The molecule has 0 spiro atoms. The highest BCUT2D eigenvalue weighted by molar-refractivity contribution is 5.81. The summed E-state index contributed by atoms with van der Waals surface area (Å²) in [5, 5.41) is 2.83. The molecular weight excluding hydrogens is 346 g/mol. The fourth-order valence-corrected chi connectivity index (χ4v) is 3.79. The van der Waals surface area contributed by atoms with E-state index in [0.717, 1.165) is 45.3 Å². The molecule has 0 aromatic rings. The second kappa shape index (κ2) is 9.42. The van der Waals surface area contributed by atoms with Crippen LogP contribution in [0.15, 0.2) is 0 Å². The van der Waals surface area contributed by atoms with E-state index in [1.807, 2.05) is 37.5 Å². The molecule has 7 nitrogen and oxygen atoms in total. The Hall–Kier alpha value is -1.79. The van der Waals surface area contributed by atoms with Crippen molar-refractivity contribution in [3.8, 4) is 0 Å². The van der Waals surface area contributed by atoms with Gasteiger partial charge in [-0.1, -0.05) is 6.92 Å². The van der Waals surface area contributed by atoms with Gasteiger partial charge in [0.15, 0.2) is 0 Å². The van der Waals surface area contributed by atoms with Gasteiger partial charge < -0.3 is 19.9 Å². The van der Waals surface area contributed by atoms with Crippen molar-refractivity contribution < 1.29 is 19.1 Å². The molecule has 2 saturated heterocycles. The number of hydrogen-bond acceptors (Lipinski definition) is 4. The van der Waals surface area contributed by atoms with E-state index < -0.39 is 5.60 Å². The number of carbonyl (C=O) groups excluding carboxylic acids is 3. The third-order valence-electron chi connectivity index (χ3n) is 5.29. The van der Waals surface area contributed by atoms with E-state index >= 15 is 0 Å². The molecule has 0 saturated carbocycles. The average Bonchev–Trinajstić information content (AvgIpc) is 2.64. The van der Waals surface area contributed by atoms with Crippen molar-refractivity contribution in [2.75, 3.05) is 32.7 Å². The number of nitrogens with zero attached hydrogens (tertiary/aromatic N) is 2. The molecule has 0 aromatic heterocycles. The summed E-state index contributed by atoms with van der Waals surface area (Å²) in [7, 11) is 0. The smallest absolute Gasteiger partial charge is 0.407 e. The van der Waals surface area contributed by atoms with Gasteiger partial charge in [-0.05, 0) is 52.4 Å². The molecule has 0 aliphatic carbocycles. The molecule has 1 atom stereocenters. The van der Waals surface area contributed by atoms with Crippen molar-refractivity contribution in [3.05, 3.63) is 0 Å². The minimum absolute atomic E-state index is 0.0642. The first-order valence-corrected chi connectivity index (χ1v) is 10.2. The lowest BCUT2D eigenvalue weighted by molar-refractivity contribution is -0.141. The van der Waals surface area contributed by atoms with E-state index in [-0.39, 0.29) is 23.8 Å².